The van der Waals surface area contributed by atoms with Crippen LogP contribution in [0.15, 0.2) is 36.4 Å². The van der Waals surface area contributed by atoms with Crippen molar-refractivity contribution in [2.24, 2.45) is 0 Å². The Morgan fingerprint density at radius 3 is 2.68 bits per heavy atom. The summed E-state index contributed by atoms with van der Waals surface area (Å²) in [6, 6.07) is 6.82. The highest BCUT2D eigenvalue weighted by Gasteiger charge is 2.55. The second-order valence-corrected chi connectivity index (χ2v) is 4.61. The molecule has 2 rings (SSSR count). The first-order chi connectivity index (χ1) is 9.01. The molecule has 0 aliphatic carbocycles. The van der Waals surface area contributed by atoms with Crippen LogP contribution >= 0.6 is 0 Å². The van der Waals surface area contributed by atoms with Crippen LogP contribution in [0.25, 0.3) is 0 Å². The highest BCUT2D eigenvalue weighted by Crippen LogP contribution is 2.39. The van der Waals surface area contributed by atoms with Crippen molar-refractivity contribution in [2.45, 2.75) is 25.9 Å². The van der Waals surface area contributed by atoms with Crippen molar-refractivity contribution < 1.29 is 19.1 Å². The van der Waals surface area contributed by atoms with E-state index in [9.17, 15) is 9.59 Å². The topological polar surface area (TPSA) is 52.6 Å². The summed E-state index contributed by atoms with van der Waals surface area (Å²) in [5.74, 6) is -0.592. The van der Waals surface area contributed by atoms with E-state index in [0.29, 0.717) is 16.9 Å². The maximum atomic E-state index is 12.5. The lowest BCUT2D eigenvalue weighted by Crippen LogP contribution is -2.49. The number of ketones is 1. The maximum absolute atomic E-state index is 12.5. The van der Waals surface area contributed by atoms with E-state index in [2.05, 4.69) is 6.58 Å². The van der Waals surface area contributed by atoms with E-state index in [1.807, 2.05) is 0 Å². The van der Waals surface area contributed by atoms with Crippen molar-refractivity contribution in [3.63, 3.8) is 0 Å². The summed E-state index contributed by atoms with van der Waals surface area (Å²) in [6.45, 7) is 7.41. The molecule has 0 bridgehead atoms. The Hall–Kier alpha value is -2.10. The molecule has 1 aliphatic rings. The number of para-hydroxylation sites is 1. The number of ether oxygens (including phenoxy) is 2. The maximum Gasteiger partial charge on any atom is 0.359 e. The van der Waals surface area contributed by atoms with Gasteiger partial charge in [0.2, 0.25) is 5.78 Å². The fraction of sp³-hybridized carbons (Fsp3) is 0.333. The third-order valence-electron chi connectivity index (χ3n) is 2.94. The zero-order valence-electron chi connectivity index (χ0n) is 11.1. The van der Waals surface area contributed by atoms with Crippen LogP contribution in [0.2, 0.25) is 0 Å². The molecule has 0 saturated heterocycles. The van der Waals surface area contributed by atoms with E-state index in [-0.39, 0.29) is 18.8 Å². The molecule has 1 unspecified atom stereocenters. The van der Waals surface area contributed by atoms with Crippen molar-refractivity contribution in [1.82, 2.24) is 0 Å². The predicted molar refractivity (Wildman–Crippen MR) is 70.2 cm³/mol. The third-order valence-corrected chi connectivity index (χ3v) is 2.94. The van der Waals surface area contributed by atoms with Crippen molar-refractivity contribution in [3.8, 4) is 5.75 Å². The summed E-state index contributed by atoms with van der Waals surface area (Å²) in [5, 5.41) is 0. The number of carbonyl (C=O) groups excluding carboxylic acids is 2. The number of hydrogen-bond donors (Lipinski definition) is 0. The van der Waals surface area contributed by atoms with Gasteiger partial charge in [0.05, 0.1) is 12.2 Å². The molecule has 0 spiro atoms. The summed E-state index contributed by atoms with van der Waals surface area (Å²) in [5.41, 5.74) is -0.503. The van der Waals surface area contributed by atoms with Crippen LogP contribution in [0.4, 0.5) is 0 Å². The molecule has 0 amide bonds. The van der Waals surface area contributed by atoms with Gasteiger partial charge in [-0.25, -0.2) is 4.79 Å². The van der Waals surface area contributed by atoms with Crippen molar-refractivity contribution in [2.75, 3.05) is 6.61 Å². The van der Waals surface area contributed by atoms with E-state index >= 15 is 0 Å². The number of hydrogen-bond acceptors (Lipinski definition) is 4. The first-order valence-corrected chi connectivity index (χ1v) is 6.15. The molecule has 0 N–H and O–H groups in total. The molecule has 0 saturated carbocycles. The average Bonchev–Trinajstić information content (AvgIpc) is 2.64. The summed E-state index contributed by atoms with van der Waals surface area (Å²) in [6.07, 6.45) is 0.124. The number of Topliss-reactive ketones (excluding diaryl/α,β-unsaturated/α-hetero) is 1. The van der Waals surface area contributed by atoms with Crippen molar-refractivity contribution in [1.29, 1.82) is 0 Å². The van der Waals surface area contributed by atoms with Gasteiger partial charge in [-0.3, -0.25) is 4.79 Å². The number of rotatable bonds is 4. The fourth-order valence-electron chi connectivity index (χ4n) is 2.19. The van der Waals surface area contributed by atoms with Gasteiger partial charge in [-0.15, -0.1) is 0 Å². The van der Waals surface area contributed by atoms with Gasteiger partial charge in [-0.2, -0.15) is 0 Å². The van der Waals surface area contributed by atoms with E-state index in [1.54, 1.807) is 38.1 Å². The monoisotopic (exact) mass is 260 g/mol. The van der Waals surface area contributed by atoms with Crippen molar-refractivity contribution in [3.05, 3.63) is 42.0 Å². The Kier molecular flexibility index (Phi) is 3.42. The van der Waals surface area contributed by atoms with E-state index in [0.717, 1.165) is 0 Å². The highest BCUT2D eigenvalue weighted by molar-refractivity contribution is 6.19. The second kappa shape index (κ2) is 4.88. The van der Waals surface area contributed by atoms with E-state index in [1.165, 1.54) is 0 Å². The first-order valence-electron chi connectivity index (χ1n) is 6.15. The Bertz CT molecular complexity index is 547. The standard InChI is InChI=1S/C15H16O4/c1-4-18-14(17)15(9-10(2)3)13(16)11-7-5-6-8-12(11)19-15/h5-8H,2,4,9H2,1,3H3. The van der Waals surface area contributed by atoms with Crippen LogP contribution in [-0.2, 0) is 9.53 Å². The Morgan fingerprint density at radius 2 is 2.11 bits per heavy atom. The minimum absolute atomic E-state index is 0.124. The largest absolute Gasteiger partial charge is 0.466 e. The van der Waals surface area contributed by atoms with Crippen LogP contribution in [0.3, 0.4) is 0 Å². The van der Waals surface area contributed by atoms with Gasteiger partial charge >= 0.3 is 5.97 Å². The quantitative estimate of drug-likeness (QED) is 0.474. The number of benzene rings is 1. The minimum Gasteiger partial charge on any atom is -0.466 e. The average molecular weight is 260 g/mol. The molecule has 1 atom stereocenters. The van der Waals surface area contributed by atoms with Gasteiger partial charge < -0.3 is 9.47 Å². The lowest BCUT2D eigenvalue weighted by molar-refractivity contribution is -0.156. The van der Waals surface area contributed by atoms with Gasteiger partial charge in [-0.05, 0) is 26.0 Å². The van der Waals surface area contributed by atoms with Crippen LogP contribution in [-0.4, -0.2) is 24.0 Å². The molecule has 100 valence electrons. The molecule has 0 fully saturated rings. The SMILES string of the molecule is C=C(C)CC1(C(=O)OCC)Oc2ccccc2C1=O. The molecule has 4 nitrogen and oxygen atoms in total. The summed E-state index contributed by atoms with van der Waals surface area (Å²) < 4.78 is 10.7. The first kappa shape index (κ1) is 13.3. The molecule has 19 heavy (non-hydrogen) atoms. The zero-order valence-corrected chi connectivity index (χ0v) is 11.1. The van der Waals surface area contributed by atoms with Gasteiger partial charge in [0.25, 0.3) is 5.60 Å². The van der Waals surface area contributed by atoms with Gasteiger partial charge in [-0.1, -0.05) is 24.3 Å². The normalized spacial score (nSPS) is 20.6. The van der Waals surface area contributed by atoms with Crippen LogP contribution in [0, 0.1) is 0 Å². The minimum atomic E-state index is -1.61. The Labute approximate surface area is 112 Å². The number of carbonyl (C=O) groups is 2. The molecule has 0 aromatic heterocycles. The van der Waals surface area contributed by atoms with E-state index < -0.39 is 11.6 Å². The fourth-order valence-corrected chi connectivity index (χ4v) is 2.19. The van der Waals surface area contributed by atoms with Gasteiger partial charge in [0.15, 0.2) is 0 Å². The molecular formula is C15H16O4. The predicted octanol–water partition coefficient (Wildman–Crippen LogP) is 2.53. The molecule has 1 aromatic carbocycles. The second-order valence-electron chi connectivity index (χ2n) is 4.61. The van der Waals surface area contributed by atoms with Gasteiger partial charge in [0, 0.05) is 6.42 Å². The van der Waals surface area contributed by atoms with Crippen LogP contribution in [0.1, 0.15) is 30.6 Å². The lowest BCUT2D eigenvalue weighted by atomic mass is 9.89. The highest BCUT2D eigenvalue weighted by atomic mass is 16.6. The van der Waals surface area contributed by atoms with E-state index in [4.69, 9.17) is 9.47 Å². The Morgan fingerprint density at radius 1 is 1.42 bits per heavy atom. The number of fused-ring (bicyclic) bond motifs is 1. The molecule has 0 radical (unpaired) electrons. The summed E-state index contributed by atoms with van der Waals surface area (Å²) in [4.78, 5) is 24.7. The summed E-state index contributed by atoms with van der Waals surface area (Å²) >= 11 is 0. The molecule has 4 heteroatoms. The van der Waals surface area contributed by atoms with Crippen LogP contribution < -0.4 is 4.74 Å². The summed E-state index contributed by atoms with van der Waals surface area (Å²) in [7, 11) is 0. The van der Waals surface area contributed by atoms with Gasteiger partial charge in [0.1, 0.15) is 5.75 Å². The van der Waals surface area contributed by atoms with Crippen LogP contribution in [0.5, 0.6) is 5.75 Å². The molecule has 1 aromatic rings. The third kappa shape index (κ3) is 2.14. The molecular weight excluding hydrogens is 244 g/mol. The number of esters is 1. The zero-order chi connectivity index (χ0) is 14.0. The smallest absolute Gasteiger partial charge is 0.359 e. The van der Waals surface area contributed by atoms with Crippen molar-refractivity contribution >= 4 is 11.8 Å². The molecule has 1 aliphatic heterocycles. The lowest BCUT2D eigenvalue weighted by Gasteiger charge is -2.24. The molecule has 1 heterocycles. The Balaban J connectivity index is 2.45.